The molecule has 3 aromatic rings. The molecule has 26 heavy (non-hydrogen) atoms. The van der Waals surface area contributed by atoms with Gasteiger partial charge >= 0.3 is 0 Å². The van der Waals surface area contributed by atoms with Gasteiger partial charge in [0, 0.05) is 29.1 Å². The average Bonchev–Trinajstić information content (AvgIpc) is 2.99. The molecule has 2 aliphatic rings. The number of nitrogens with two attached hydrogens (primary N) is 1. The highest BCUT2D eigenvalue weighted by Gasteiger charge is 2.52. The summed E-state index contributed by atoms with van der Waals surface area (Å²) in [6, 6.07) is 13.7. The summed E-state index contributed by atoms with van der Waals surface area (Å²) in [6.45, 7) is 0.287. The quantitative estimate of drug-likeness (QED) is 0.509. The van der Waals surface area contributed by atoms with Crippen LogP contribution in [0.3, 0.4) is 0 Å². The highest BCUT2D eigenvalue weighted by Crippen LogP contribution is 2.50. The lowest BCUT2D eigenvalue weighted by molar-refractivity contribution is 0.0675. The third kappa shape index (κ3) is 2.31. The Bertz CT molecular complexity index is 996. The smallest absolute Gasteiger partial charge is 0.254 e. The van der Waals surface area contributed by atoms with Crippen LogP contribution in [0.15, 0.2) is 61.2 Å². The van der Waals surface area contributed by atoms with Crippen LogP contribution in [0.25, 0.3) is 11.1 Å². The Balaban J connectivity index is 1.73. The maximum atomic E-state index is 6.26. The van der Waals surface area contributed by atoms with Crippen LogP contribution >= 0.6 is 11.6 Å². The molecule has 6 nitrogen and oxygen atoms in total. The number of nitrogens with zero attached hydrogens (tertiary/aromatic N) is 2. The molecule has 7 heteroatoms. The first-order valence-electron chi connectivity index (χ1n) is 8.16. The van der Waals surface area contributed by atoms with Gasteiger partial charge in [-0.1, -0.05) is 35.9 Å². The lowest BCUT2D eigenvalue weighted by Gasteiger charge is -2.37. The Morgan fingerprint density at radius 2 is 1.77 bits per heavy atom. The number of rotatable bonds is 1. The predicted octanol–water partition coefficient (Wildman–Crippen LogP) is 2.92. The van der Waals surface area contributed by atoms with E-state index in [1.807, 2.05) is 42.5 Å². The molecule has 0 amide bonds. The first kappa shape index (κ1) is 15.7. The van der Waals surface area contributed by atoms with Crippen molar-refractivity contribution in [2.45, 2.75) is 10.8 Å². The second kappa shape index (κ2) is 5.49. The Labute approximate surface area is 154 Å². The summed E-state index contributed by atoms with van der Waals surface area (Å²) in [5.74, 6) is 1.48. The van der Waals surface area contributed by atoms with Gasteiger partial charge in [-0.25, -0.2) is 15.3 Å². The van der Waals surface area contributed by atoms with Crippen LogP contribution in [-0.2, 0) is 10.3 Å². The van der Waals surface area contributed by atoms with E-state index in [4.69, 9.17) is 26.8 Å². The first-order valence-corrected chi connectivity index (χ1v) is 8.54. The maximum absolute atomic E-state index is 6.26. The van der Waals surface area contributed by atoms with Gasteiger partial charge in [0.1, 0.15) is 23.4 Å². The molecule has 5 rings (SSSR count). The molecule has 3 heterocycles. The van der Waals surface area contributed by atoms with E-state index in [1.54, 1.807) is 12.4 Å². The molecule has 1 saturated heterocycles. The fourth-order valence-corrected chi connectivity index (χ4v) is 3.83. The van der Waals surface area contributed by atoms with Gasteiger partial charge in [-0.15, -0.1) is 0 Å². The molecule has 3 N–H and O–H groups in total. The molecule has 1 unspecified atom stereocenters. The molecule has 0 bridgehead atoms. The SMILES string of the molecule is NC1(Cl)N[C@@]2(CO1)c1ccccc1Oc1ccc(-c3cncnc3)cc12. The molecule has 2 aromatic carbocycles. The minimum atomic E-state index is -1.45. The van der Waals surface area contributed by atoms with Gasteiger partial charge in [0.2, 0.25) is 0 Å². The van der Waals surface area contributed by atoms with E-state index in [1.165, 1.54) is 6.33 Å². The number of hydrogen-bond acceptors (Lipinski definition) is 6. The zero-order valence-electron chi connectivity index (χ0n) is 13.6. The van der Waals surface area contributed by atoms with Crippen molar-refractivity contribution < 1.29 is 9.47 Å². The van der Waals surface area contributed by atoms with E-state index in [9.17, 15) is 0 Å². The normalized spacial score (nSPS) is 26.2. The molecule has 2 atom stereocenters. The molecule has 1 spiro atoms. The number of nitrogens with one attached hydrogen (secondary N) is 1. The van der Waals surface area contributed by atoms with Crippen molar-refractivity contribution in [1.82, 2.24) is 15.3 Å². The predicted molar refractivity (Wildman–Crippen MR) is 96.6 cm³/mol. The highest BCUT2D eigenvalue weighted by molar-refractivity contribution is 6.22. The van der Waals surface area contributed by atoms with Crippen LogP contribution in [0, 0.1) is 0 Å². The van der Waals surface area contributed by atoms with E-state index >= 15 is 0 Å². The second-order valence-corrected chi connectivity index (χ2v) is 6.96. The largest absolute Gasteiger partial charge is 0.457 e. The van der Waals surface area contributed by atoms with Crippen LogP contribution in [0.4, 0.5) is 0 Å². The number of ether oxygens (including phenoxy) is 2. The number of fused-ring (bicyclic) bond motifs is 4. The average molecular weight is 367 g/mol. The van der Waals surface area contributed by atoms with Gasteiger partial charge in [0.05, 0.1) is 6.61 Å². The Morgan fingerprint density at radius 1 is 1.00 bits per heavy atom. The third-order valence-corrected chi connectivity index (χ3v) is 4.99. The minimum absolute atomic E-state index is 0.287. The number of alkyl halides is 1. The topological polar surface area (TPSA) is 82.3 Å². The van der Waals surface area contributed by atoms with Gasteiger partial charge in [0.15, 0.2) is 0 Å². The van der Waals surface area contributed by atoms with Gasteiger partial charge in [0.25, 0.3) is 5.31 Å². The van der Waals surface area contributed by atoms with Crippen molar-refractivity contribution in [3.05, 3.63) is 72.3 Å². The van der Waals surface area contributed by atoms with Crippen molar-refractivity contribution in [3.8, 4) is 22.6 Å². The van der Waals surface area contributed by atoms with Gasteiger partial charge < -0.3 is 9.47 Å². The van der Waals surface area contributed by atoms with E-state index in [-0.39, 0.29) is 6.61 Å². The van der Waals surface area contributed by atoms with Crippen LogP contribution in [0.1, 0.15) is 11.1 Å². The summed E-state index contributed by atoms with van der Waals surface area (Å²) < 4.78 is 11.8. The van der Waals surface area contributed by atoms with Gasteiger partial charge in [-0.2, -0.15) is 0 Å². The molecule has 1 aromatic heterocycles. The van der Waals surface area contributed by atoms with E-state index in [0.29, 0.717) is 0 Å². The summed E-state index contributed by atoms with van der Waals surface area (Å²) in [5, 5.41) is 1.80. The summed E-state index contributed by atoms with van der Waals surface area (Å²) >= 11 is 6.26. The molecule has 0 radical (unpaired) electrons. The van der Waals surface area contributed by atoms with Gasteiger partial charge in [-0.3, -0.25) is 5.73 Å². The summed E-state index contributed by atoms with van der Waals surface area (Å²) in [6.07, 6.45) is 5.05. The van der Waals surface area contributed by atoms with Crippen molar-refractivity contribution in [3.63, 3.8) is 0 Å². The van der Waals surface area contributed by atoms with Crippen LogP contribution < -0.4 is 15.8 Å². The second-order valence-electron chi connectivity index (χ2n) is 6.40. The molecule has 130 valence electrons. The fourth-order valence-electron chi connectivity index (χ4n) is 3.62. The fraction of sp³-hybridized carbons (Fsp3) is 0.158. The lowest BCUT2D eigenvalue weighted by Crippen LogP contribution is -2.53. The molecular weight excluding hydrogens is 352 g/mol. The maximum Gasteiger partial charge on any atom is 0.254 e. The number of halogens is 1. The van der Waals surface area contributed by atoms with Crippen LogP contribution in [0.5, 0.6) is 11.5 Å². The van der Waals surface area contributed by atoms with Crippen LogP contribution in [-0.4, -0.2) is 21.9 Å². The minimum Gasteiger partial charge on any atom is -0.457 e. The third-order valence-electron chi connectivity index (χ3n) is 4.78. The summed E-state index contributed by atoms with van der Waals surface area (Å²) in [7, 11) is 0. The lowest BCUT2D eigenvalue weighted by atomic mass is 9.80. The summed E-state index contributed by atoms with van der Waals surface area (Å²) in [5.41, 5.74) is 9.04. The first-order chi connectivity index (χ1) is 12.6. The van der Waals surface area contributed by atoms with Crippen LogP contribution in [0.2, 0.25) is 0 Å². The van der Waals surface area contributed by atoms with Crippen molar-refractivity contribution in [1.29, 1.82) is 0 Å². The number of aromatic nitrogens is 2. The molecule has 0 saturated carbocycles. The monoisotopic (exact) mass is 366 g/mol. The number of benzene rings is 2. The van der Waals surface area contributed by atoms with E-state index in [0.717, 1.165) is 33.8 Å². The van der Waals surface area contributed by atoms with E-state index < -0.39 is 10.8 Å². The molecule has 0 aliphatic carbocycles. The summed E-state index contributed by atoms with van der Waals surface area (Å²) in [4.78, 5) is 8.19. The zero-order valence-corrected chi connectivity index (χ0v) is 14.4. The molecule has 1 fully saturated rings. The van der Waals surface area contributed by atoms with Crippen molar-refractivity contribution in [2.24, 2.45) is 5.73 Å². The number of hydrogen-bond donors (Lipinski definition) is 2. The Hall–Kier alpha value is -2.51. The van der Waals surface area contributed by atoms with E-state index in [2.05, 4.69) is 15.3 Å². The zero-order chi connectivity index (χ0) is 17.8. The van der Waals surface area contributed by atoms with Gasteiger partial charge in [-0.05, 0) is 23.8 Å². The van der Waals surface area contributed by atoms with Crippen molar-refractivity contribution >= 4 is 11.6 Å². The Kier molecular flexibility index (Phi) is 3.32. The standard InChI is InChI=1S/C19H15ClN4O2/c20-19(21)24-18(10-25-19)14-3-1-2-4-16(14)26-17-6-5-12(7-15(17)18)13-8-22-11-23-9-13/h1-9,11,24H,10,21H2/t18-,19?/m0/s1. The highest BCUT2D eigenvalue weighted by atomic mass is 35.5. The molecule has 2 aliphatic heterocycles. The van der Waals surface area contributed by atoms with Crippen molar-refractivity contribution in [2.75, 3.05) is 6.61 Å². The Morgan fingerprint density at radius 3 is 2.54 bits per heavy atom. The number of para-hydroxylation sites is 1. The molecular formula is C19H15ClN4O2.